The molecule has 3 amide bonds. The maximum absolute atomic E-state index is 12.5. The third-order valence-electron chi connectivity index (χ3n) is 5.41. The van der Waals surface area contributed by atoms with Crippen LogP contribution in [0.3, 0.4) is 0 Å². The lowest BCUT2D eigenvalue weighted by molar-refractivity contribution is -0.117. The Morgan fingerprint density at radius 1 is 1.20 bits per heavy atom. The van der Waals surface area contributed by atoms with E-state index in [1.54, 1.807) is 12.0 Å². The number of methoxy groups -OCH3 is 1. The zero-order valence-electron chi connectivity index (χ0n) is 18.1. The molecule has 1 unspecified atom stereocenters. The second-order valence-corrected chi connectivity index (χ2v) is 7.38. The summed E-state index contributed by atoms with van der Waals surface area (Å²) >= 11 is 0. The minimum Gasteiger partial charge on any atom is -0.497 e. The monoisotopic (exact) mass is 410 g/mol. The van der Waals surface area contributed by atoms with Crippen molar-refractivity contribution in [3.8, 4) is 5.75 Å². The van der Waals surface area contributed by atoms with E-state index in [0.29, 0.717) is 12.3 Å². The molecule has 1 heterocycles. The summed E-state index contributed by atoms with van der Waals surface area (Å²) in [5.41, 5.74) is 3.66. The van der Waals surface area contributed by atoms with Crippen LogP contribution in [0.25, 0.3) is 0 Å². The molecule has 7 heteroatoms. The molecule has 1 aliphatic rings. The number of carbonyl (C=O) groups excluding carboxylic acids is 2. The number of ether oxygens (including phenoxy) is 1. The van der Waals surface area contributed by atoms with Gasteiger partial charge in [-0.2, -0.15) is 0 Å². The SMILES string of the molecule is CCN(CC)c1ccc(NC(=O)NC2CC(=O)N(c3cccc(OC)c3)C2)c(C)c1. The van der Waals surface area contributed by atoms with Crippen molar-refractivity contribution in [1.82, 2.24) is 5.32 Å². The number of urea groups is 1. The van der Waals surface area contributed by atoms with Crippen LogP contribution in [0.5, 0.6) is 5.75 Å². The zero-order chi connectivity index (χ0) is 21.7. The van der Waals surface area contributed by atoms with Gasteiger partial charge in [-0.1, -0.05) is 6.07 Å². The molecule has 1 saturated heterocycles. The van der Waals surface area contributed by atoms with E-state index >= 15 is 0 Å². The molecule has 1 aliphatic heterocycles. The first-order valence-corrected chi connectivity index (χ1v) is 10.3. The molecule has 7 nitrogen and oxygen atoms in total. The molecule has 0 aromatic heterocycles. The number of amides is 3. The molecule has 1 atom stereocenters. The molecule has 0 spiro atoms. The highest BCUT2D eigenvalue weighted by atomic mass is 16.5. The van der Waals surface area contributed by atoms with Crippen molar-refractivity contribution in [3.63, 3.8) is 0 Å². The summed E-state index contributed by atoms with van der Waals surface area (Å²) in [5, 5.41) is 5.83. The highest BCUT2D eigenvalue weighted by molar-refractivity contribution is 5.98. The summed E-state index contributed by atoms with van der Waals surface area (Å²) in [7, 11) is 1.59. The number of rotatable bonds is 7. The number of anilines is 3. The summed E-state index contributed by atoms with van der Waals surface area (Å²) in [4.78, 5) is 28.9. The Morgan fingerprint density at radius 3 is 2.63 bits per heavy atom. The van der Waals surface area contributed by atoms with E-state index in [4.69, 9.17) is 4.74 Å². The first-order valence-electron chi connectivity index (χ1n) is 10.3. The first-order chi connectivity index (χ1) is 14.4. The van der Waals surface area contributed by atoms with Crippen LogP contribution in [0.4, 0.5) is 21.9 Å². The molecular formula is C23H30N4O3. The fraction of sp³-hybridized carbons (Fsp3) is 0.391. The number of nitrogens with zero attached hydrogens (tertiary/aromatic N) is 2. The zero-order valence-corrected chi connectivity index (χ0v) is 18.1. The normalized spacial score (nSPS) is 15.8. The van der Waals surface area contributed by atoms with Crippen LogP contribution in [0.1, 0.15) is 25.8 Å². The summed E-state index contributed by atoms with van der Waals surface area (Å²) in [5.74, 6) is 0.673. The number of benzene rings is 2. The van der Waals surface area contributed by atoms with Crippen LogP contribution >= 0.6 is 0 Å². The maximum atomic E-state index is 12.5. The first kappa shape index (κ1) is 21.5. The van der Waals surface area contributed by atoms with Crippen molar-refractivity contribution < 1.29 is 14.3 Å². The van der Waals surface area contributed by atoms with Crippen molar-refractivity contribution in [3.05, 3.63) is 48.0 Å². The second kappa shape index (κ2) is 9.52. The summed E-state index contributed by atoms with van der Waals surface area (Å²) in [6.45, 7) is 8.52. The summed E-state index contributed by atoms with van der Waals surface area (Å²) in [6, 6.07) is 12.8. The molecule has 2 aromatic carbocycles. The van der Waals surface area contributed by atoms with Crippen molar-refractivity contribution in [2.45, 2.75) is 33.2 Å². The van der Waals surface area contributed by atoms with E-state index in [-0.39, 0.29) is 24.4 Å². The summed E-state index contributed by atoms with van der Waals surface area (Å²) in [6.07, 6.45) is 0.268. The summed E-state index contributed by atoms with van der Waals surface area (Å²) < 4.78 is 5.24. The van der Waals surface area contributed by atoms with Gasteiger partial charge in [0, 0.05) is 49.2 Å². The Kier molecular flexibility index (Phi) is 6.82. The third kappa shape index (κ3) is 4.84. The molecular weight excluding hydrogens is 380 g/mol. The van der Waals surface area contributed by atoms with Crippen LogP contribution in [0.15, 0.2) is 42.5 Å². The largest absolute Gasteiger partial charge is 0.497 e. The molecule has 0 saturated carbocycles. The van der Waals surface area contributed by atoms with Gasteiger partial charge in [-0.05, 0) is 56.7 Å². The lowest BCUT2D eigenvalue weighted by Crippen LogP contribution is -2.39. The average molecular weight is 411 g/mol. The fourth-order valence-electron chi connectivity index (χ4n) is 3.75. The van der Waals surface area contributed by atoms with Crippen LogP contribution in [0.2, 0.25) is 0 Å². The Labute approximate surface area is 178 Å². The molecule has 2 N–H and O–H groups in total. The molecule has 2 aromatic rings. The van der Waals surface area contributed by atoms with E-state index in [2.05, 4.69) is 35.4 Å². The van der Waals surface area contributed by atoms with Gasteiger partial charge in [-0.25, -0.2) is 4.79 Å². The predicted octanol–water partition coefficient (Wildman–Crippen LogP) is 3.78. The van der Waals surface area contributed by atoms with E-state index in [1.165, 1.54) is 0 Å². The van der Waals surface area contributed by atoms with Gasteiger partial charge in [0.25, 0.3) is 0 Å². The van der Waals surface area contributed by atoms with Gasteiger partial charge in [0.05, 0.1) is 13.2 Å². The van der Waals surface area contributed by atoms with Gasteiger partial charge in [0.1, 0.15) is 5.75 Å². The Bertz CT molecular complexity index is 911. The Hall–Kier alpha value is -3.22. The predicted molar refractivity (Wildman–Crippen MR) is 121 cm³/mol. The quantitative estimate of drug-likeness (QED) is 0.729. The average Bonchev–Trinajstić information content (AvgIpc) is 3.10. The van der Waals surface area contributed by atoms with Crippen LogP contribution in [-0.4, -0.2) is 44.7 Å². The van der Waals surface area contributed by atoms with Gasteiger partial charge >= 0.3 is 6.03 Å². The van der Waals surface area contributed by atoms with E-state index in [1.807, 2.05) is 43.3 Å². The van der Waals surface area contributed by atoms with Crippen molar-refractivity contribution in [1.29, 1.82) is 0 Å². The van der Waals surface area contributed by atoms with E-state index in [9.17, 15) is 9.59 Å². The van der Waals surface area contributed by atoms with Crippen LogP contribution < -0.4 is 25.2 Å². The van der Waals surface area contributed by atoms with E-state index in [0.717, 1.165) is 35.7 Å². The smallest absolute Gasteiger partial charge is 0.319 e. The highest BCUT2D eigenvalue weighted by Crippen LogP contribution is 2.26. The van der Waals surface area contributed by atoms with E-state index < -0.39 is 0 Å². The van der Waals surface area contributed by atoms with Gasteiger partial charge < -0.3 is 25.2 Å². The number of aryl methyl sites for hydroxylation is 1. The topological polar surface area (TPSA) is 73.9 Å². The van der Waals surface area contributed by atoms with Crippen LogP contribution in [-0.2, 0) is 4.79 Å². The number of nitrogens with one attached hydrogen (secondary N) is 2. The minimum absolute atomic E-state index is 0.0201. The second-order valence-electron chi connectivity index (χ2n) is 7.38. The molecule has 1 fully saturated rings. The molecule has 0 aliphatic carbocycles. The van der Waals surface area contributed by atoms with Crippen molar-refractivity contribution in [2.24, 2.45) is 0 Å². The van der Waals surface area contributed by atoms with Gasteiger partial charge in [-0.3, -0.25) is 4.79 Å². The Morgan fingerprint density at radius 2 is 1.97 bits per heavy atom. The van der Waals surface area contributed by atoms with Crippen LogP contribution in [0, 0.1) is 6.92 Å². The van der Waals surface area contributed by atoms with Crippen molar-refractivity contribution in [2.75, 3.05) is 41.9 Å². The lowest BCUT2D eigenvalue weighted by atomic mass is 10.1. The van der Waals surface area contributed by atoms with Gasteiger partial charge in [-0.15, -0.1) is 0 Å². The van der Waals surface area contributed by atoms with Gasteiger partial charge in [0.2, 0.25) is 5.91 Å². The maximum Gasteiger partial charge on any atom is 0.319 e. The Balaban J connectivity index is 1.61. The third-order valence-corrected chi connectivity index (χ3v) is 5.41. The number of hydrogen-bond donors (Lipinski definition) is 2. The molecule has 160 valence electrons. The number of hydrogen-bond acceptors (Lipinski definition) is 4. The van der Waals surface area contributed by atoms with Gasteiger partial charge in [0.15, 0.2) is 0 Å². The molecule has 30 heavy (non-hydrogen) atoms. The fourth-order valence-corrected chi connectivity index (χ4v) is 3.75. The molecule has 0 bridgehead atoms. The minimum atomic E-state index is -0.306. The lowest BCUT2D eigenvalue weighted by Gasteiger charge is -2.22. The number of carbonyl (C=O) groups is 2. The standard InChI is InChI=1S/C23H30N4O3/c1-5-26(6-2)18-10-11-21(16(3)12-18)25-23(29)24-17-13-22(28)27(15-17)19-8-7-9-20(14-19)30-4/h7-12,14,17H,5-6,13,15H2,1-4H3,(H2,24,25,29). The van der Waals surface area contributed by atoms with Crippen molar-refractivity contribution >= 4 is 29.0 Å². The molecule has 3 rings (SSSR count). The molecule has 0 radical (unpaired) electrons. The highest BCUT2D eigenvalue weighted by Gasteiger charge is 2.31.